The molecule has 0 nitrogen and oxygen atoms in total. The van der Waals surface area contributed by atoms with Gasteiger partial charge in [-0.05, 0) is 48.1 Å². The summed E-state index contributed by atoms with van der Waals surface area (Å²) < 4.78 is 78.7. The minimum absolute atomic E-state index is 0.338. The zero-order chi connectivity index (χ0) is 19.7. The fraction of sp³-hybridized carbons (Fsp3) is 0.100. The van der Waals surface area contributed by atoms with E-state index in [4.69, 9.17) is 0 Å². The third kappa shape index (κ3) is 4.51. The Kier molecular flexibility index (Phi) is 5.29. The SMILES string of the molecule is FC(F)(F)c1cccc(P(c2ccccc2)c2cccc(C(F)(F)F)c2)c1. The van der Waals surface area contributed by atoms with Gasteiger partial charge in [-0.3, -0.25) is 0 Å². The van der Waals surface area contributed by atoms with Crippen LogP contribution in [-0.4, -0.2) is 0 Å². The van der Waals surface area contributed by atoms with Crippen LogP contribution in [0.2, 0.25) is 0 Å². The van der Waals surface area contributed by atoms with Gasteiger partial charge < -0.3 is 0 Å². The molecular formula is C20H13F6P. The van der Waals surface area contributed by atoms with E-state index in [1.807, 2.05) is 0 Å². The summed E-state index contributed by atoms with van der Waals surface area (Å²) in [4.78, 5) is 0. The van der Waals surface area contributed by atoms with E-state index in [-0.39, 0.29) is 0 Å². The van der Waals surface area contributed by atoms with Gasteiger partial charge in [0.25, 0.3) is 0 Å². The summed E-state index contributed by atoms with van der Waals surface area (Å²) >= 11 is 0. The summed E-state index contributed by atoms with van der Waals surface area (Å²) in [5.41, 5.74) is -1.65. The molecule has 3 aromatic carbocycles. The smallest absolute Gasteiger partial charge is 0.166 e. The lowest BCUT2D eigenvalue weighted by molar-refractivity contribution is -0.138. The maximum atomic E-state index is 13.1. The van der Waals surface area contributed by atoms with Crippen LogP contribution in [0.3, 0.4) is 0 Å². The van der Waals surface area contributed by atoms with Crippen molar-refractivity contribution in [1.29, 1.82) is 0 Å². The molecule has 0 saturated carbocycles. The zero-order valence-electron chi connectivity index (χ0n) is 13.7. The molecule has 0 aliphatic heterocycles. The summed E-state index contributed by atoms with van der Waals surface area (Å²) in [6.45, 7) is 0. The minimum Gasteiger partial charge on any atom is -0.166 e. The van der Waals surface area contributed by atoms with E-state index in [2.05, 4.69) is 0 Å². The van der Waals surface area contributed by atoms with Crippen molar-refractivity contribution in [2.24, 2.45) is 0 Å². The third-order valence-corrected chi connectivity index (χ3v) is 6.28. The first-order valence-corrected chi connectivity index (χ1v) is 9.20. The van der Waals surface area contributed by atoms with Crippen LogP contribution in [0, 0.1) is 0 Å². The second-order valence-electron chi connectivity index (χ2n) is 5.77. The molecule has 0 unspecified atom stereocenters. The molecule has 0 aliphatic rings. The van der Waals surface area contributed by atoms with Crippen molar-refractivity contribution in [2.45, 2.75) is 12.4 Å². The number of hydrogen-bond donors (Lipinski definition) is 0. The molecule has 7 heteroatoms. The van der Waals surface area contributed by atoms with Gasteiger partial charge >= 0.3 is 12.4 Å². The van der Waals surface area contributed by atoms with Crippen molar-refractivity contribution >= 4 is 23.8 Å². The van der Waals surface area contributed by atoms with Crippen molar-refractivity contribution in [3.05, 3.63) is 90.0 Å². The first kappa shape index (κ1) is 19.4. The summed E-state index contributed by atoms with van der Waals surface area (Å²) in [7, 11) is -1.57. The largest absolute Gasteiger partial charge is 0.416 e. The monoisotopic (exact) mass is 398 g/mol. The van der Waals surface area contributed by atoms with Crippen molar-refractivity contribution in [1.82, 2.24) is 0 Å². The van der Waals surface area contributed by atoms with Gasteiger partial charge in [0.1, 0.15) is 0 Å². The molecule has 0 saturated heterocycles. The Balaban J connectivity index is 2.17. The molecule has 0 fully saturated rings. The lowest BCUT2D eigenvalue weighted by Gasteiger charge is -2.21. The quantitative estimate of drug-likeness (QED) is 0.405. The number of hydrogen-bond acceptors (Lipinski definition) is 0. The fourth-order valence-electron chi connectivity index (χ4n) is 2.67. The molecule has 27 heavy (non-hydrogen) atoms. The lowest BCUT2D eigenvalue weighted by Crippen LogP contribution is -2.23. The van der Waals surface area contributed by atoms with E-state index < -0.39 is 31.4 Å². The van der Waals surface area contributed by atoms with Crippen LogP contribution < -0.4 is 15.9 Å². The Hall–Kier alpha value is -2.33. The molecular weight excluding hydrogens is 385 g/mol. The van der Waals surface area contributed by atoms with Crippen LogP contribution in [0.4, 0.5) is 26.3 Å². The van der Waals surface area contributed by atoms with Crippen LogP contribution in [0.5, 0.6) is 0 Å². The van der Waals surface area contributed by atoms with Gasteiger partial charge in [0.15, 0.2) is 0 Å². The molecule has 3 aromatic rings. The summed E-state index contributed by atoms with van der Waals surface area (Å²) in [6.07, 6.45) is -9.05. The Bertz CT molecular complexity index is 858. The molecule has 0 atom stereocenters. The molecule has 0 amide bonds. The molecule has 0 aromatic heterocycles. The van der Waals surface area contributed by atoms with E-state index in [0.29, 0.717) is 15.9 Å². The Morgan fingerprint density at radius 3 is 1.30 bits per heavy atom. The van der Waals surface area contributed by atoms with Crippen molar-refractivity contribution in [2.75, 3.05) is 0 Å². The molecule has 0 N–H and O–H groups in total. The minimum atomic E-state index is -4.53. The second-order valence-corrected chi connectivity index (χ2v) is 7.99. The van der Waals surface area contributed by atoms with Crippen molar-refractivity contribution < 1.29 is 26.3 Å². The average molecular weight is 398 g/mol. The first-order valence-electron chi connectivity index (χ1n) is 7.86. The molecule has 0 heterocycles. The highest BCUT2D eigenvalue weighted by Gasteiger charge is 2.33. The van der Waals surface area contributed by atoms with E-state index in [0.717, 1.165) is 24.3 Å². The van der Waals surface area contributed by atoms with Crippen LogP contribution in [-0.2, 0) is 12.4 Å². The van der Waals surface area contributed by atoms with E-state index in [1.54, 1.807) is 30.3 Å². The molecule has 0 aliphatic carbocycles. The van der Waals surface area contributed by atoms with Crippen molar-refractivity contribution in [3.63, 3.8) is 0 Å². The van der Waals surface area contributed by atoms with Crippen LogP contribution in [0.25, 0.3) is 0 Å². The first-order chi connectivity index (χ1) is 12.7. The van der Waals surface area contributed by atoms with Gasteiger partial charge in [0.2, 0.25) is 0 Å². The zero-order valence-corrected chi connectivity index (χ0v) is 14.6. The number of benzene rings is 3. The van der Waals surface area contributed by atoms with Gasteiger partial charge in [-0.1, -0.05) is 54.6 Å². The van der Waals surface area contributed by atoms with E-state index in [9.17, 15) is 26.3 Å². The molecule has 0 spiro atoms. The molecule has 3 rings (SSSR count). The van der Waals surface area contributed by atoms with Gasteiger partial charge in [-0.2, -0.15) is 26.3 Å². The average Bonchev–Trinajstić information content (AvgIpc) is 2.62. The third-order valence-electron chi connectivity index (χ3n) is 3.88. The topological polar surface area (TPSA) is 0 Å². The summed E-state index contributed by atoms with van der Waals surface area (Å²) in [5.74, 6) is 0. The van der Waals surface area contributed by atoms with Crippen molar-refractivity contribution in [3.8, 4) is 0 Å². The standard InChI is InChI=1S/C20H13F6P/c21-19(22,23)14-6-4-10-17(12-14)27(16-8-2-1-3-9-16)18-11-5-7-15(13-18)20(24,25)26/h1-13H. The summed E-state index contributed by atoms with van der Waals surface area (Å²) in [5, 5.41) is 1.35. The number of alkyl halides is 6. The predicted molar refractivity (Wildman–Crippen MR) is 95.2 cm³/mol. The van der Waals surface area contributed by atoms with Crippen LogP contribution >= 0.6 is 7.92 Å². The fourth-order valence-corrected chi connectivity index (χ4v) is 5.04. The lowest BCUT2D eigenvalue weighted by atomic mass is 10.2. The van der Waals surface area contributed by atoms with Gasteiger partial charge in [0.05, 0.1) is 11.1 Å². The van der Waals surface area contributed by atoms with Crippen LogP contribution in [0.1, 0.15) is 11.1 Å². The predicted octanol–water partition coefficient (Wildman–Crippen LogP) is 5.48. The van der Waals surface area contributed by atoms with Gasteiger partial charge in [0, 0.05) is 0 Å². The molecule has 0 bridgehead atoms. The Labute approximate surface area is 153 Å². The number of rotatable bonds is 3. The second kappa shape index (κ2) is 7.35. The highest BCUT2D eigenvalue weighted by atomic mass is 31.1. The van der Waals surface area contributed by atoms with Gasteiger partial charge in [-0.25, -0.2) is 0 Å². The van der Waals surface area contributed by atoms with Gasteiger partial charge in [-0.15, -0.1) is 0 Å². The maximum Gasteiger partial charge on any atom is 0.416 e. The van der Waals surface area contributed by atoms with E-state index in [1.165, 1.54) is 24.3 Å². The molecule has 0 radical (unpaired) electrons. The number of halogens is 6. The maximum absolute atomic E-state index is 13.1. The Morgan fingerprint density at radius 2 is 0.889 bits per heavy atom. The normalized spacial score (nSPS) is 12.4. The van der Waals surface area contributed by atoms with Crippen LogP contribution in [0.15, 0.2) is 78.9 Å². The highest BCUT2D eigenvalue weighted by molar-refractivity contribution is 7.79. The highest BCUT2D eigenvalue weighted by Crippen LogP contribution is 2.37. The molecule has 140 valence electrons. The van der Waals surface area contributed by atoms with E-state index >= 15 is 0 Å². The summed E-state index contributed by atoms with van der Waals surface area (Å²) in [6, 6.07) is 18.1. The Morgan fingerprint density at radius 1 is 0.481 bits per heavy atom.